The molecule has 0 saturated heterocycles. The van der Waals surface area contributed by atoms with Crippen molar-refractivity contribution in [3.63, 3.8) is 0 Å². The highest BCUT2D eigenvalue weighted by Gasteiger charge is 2.35. The predicted octanol–water partition coefficient (Wildman–Crippen LogP) is 4.31. The number of primary amides is 1. The molecule has 7 nitrogen and oxygen atoms in total. The SMILES string of the molecule is Cc1nc(C(C)(C)c2cc(OCC3CC3)c(-c3ccc(Cl)cc3)nc2C(N)=O)no1. The Morgan fingerprint density at radius 2 is 1.97 bits per heavy atom. The molecule has 0 bridgehead atoms. The molecule has 1 aromatic carbocycles. The van der Waals surface area contributed by atoms with E-state index in [0.29, 0.717) is 46.3 Å². The fourth-order valence-electron chi connectivity index (χ4n) is 3.25. The summed E-state index contributed by atoms with van der Waals surface area (Å²) in [5.41, 5.74) is 7.01. The second-order valence-electron chi connectivity index (χ2n) is 8.12. The van der Waals surface area contributed by atoms with Crippen molar-refractivity contribution < 1.29 is 14.1 Å². The van der Waals surface area contributed by atoms with Crippen molar-refractivity contribution in [2.24, 2.45) is 11.7 Å². The van der Waals surface area contributed by atoms with Crippen LogP contribution in [-0.4, -0.2) is 27.6 Å². The van der Waals surface area contributed by atoms with Gasteiger partial charge in [0.1, 0.15) is 17.1 Å². The molecule has 1 saturated carbocycles. The first-order chi connectivity index (χ1) is 14.3. The topological polar surface area (TPSA) is 104 Å². The fourth-order valence-corrected chi connectivity index (χ4v) is 3.38. The van der Waals surface area contributed by atoms with E-state index in [1.165, 1.54) is 0 Å². The van der Waals surface area contributed by atoms with Crippen LogP contribution in [0.25, 0.3) is 11.3 Å². The van der Waals surface area contributed by atoms with Crippen molar-refractivity contribution in [3.05, 3.63) is 58.3 Å². The van der Waals surface area contributed by atoms with E-state index in [2.05, 4.69) is 15.1 Å². The van der Waals surface area contributed by atoms with Gasteiger partial charge in [-0.2, -0.15) is 4.98 Å². The number of halogens is 1. The van der Waals surface area contributed by atoms with Gasteiger partial charge >= 0.3 is 0 Å². The van der Waals surface area contributed by atoms with Crippen LogP contribution < -0.4 is 10.5 Å². The summed E-state index contributed by atoms with van der Waals surface area (Å²) in [4.78, 5) is 21.4. The lowest BCUT2D eigenvalue weighted by molar-refractivity contribution is 0.0993. The Bertz CT molecular complexity index is 1090. The molecule has 3 aromatic rings. The number of nitrogens with two attached hydrogens (primary N) is 1. The Labute approximate surface area is 179 Å². The first kappa shape index (κ1) is 20.3. The maximum absolute atomic E-state index is 12.4. The second-order valence-corrected chi connectivity index (χ2v) is 8.56. The van der Waals surface area contributed by atoms with E-state index in [-0.39, 0.29) is 5.69 Å². The zero-order valence-electron chi connectivity index (χ0n) is 17.1. The number of hydrogen-bond donors (Lipinski definition) is 1. The molecule has 0 spiro atoms. The van der Waals surface area contributed by atoms with Gasteiger partial charge in [-0.1, -0.05) is 28.9 Å². The van der Waals surface area contributed by atoms with Gasteiger partial charge in [0.25, 0.3) is 5.91 Å². The van der Waals surface area contributed by atoms with Crippen LogP contribution >= 0.6 is 11.6 Å². The van der Waals surface area contributed by atoms with Crippen LogP contribution in [0.15, 0.2) is 34.9 Å². The number of rotatable bonds is 7. The van der Waals surface area contributed by atoms with Gasteiger partial charge in [-0.3, -0.25) is 4.79 Å². The molecule has 2 aromatic heterocycles. The van der Waals surface area contributed by atoms with Crippen LogP contribution in [-0.2, 0) is 5.41 Å². The summed E-state index contributed by atoms with van der Waals surface area (Å²) in [7, 11) is 0. The largest absolute Gasteiger partial charge is 0.491 e. The highest BCUT2D eigenvalue weighted by molar-refractivity contribution is 6.30. The average Bonchev–Trinajstić information content (AvgIpc) is 3.44. The second kappa shape index (κ2) is 7.72. The van der Waals surface area contributed by atoms with Crippen LogP contribution in [0.5, 0.6) is 5.75 Å². The molecule has 8 heteroatoms. The number of aryl methyl sites for hydroxylation is 1. The van der Waals surface area contributed by atoms with Gasteiger partial charge in [0.05, 0.1) is 12.0 Å². The Balaban J connectivity index is 1.87. The van der Waals surface area contributed by atoms with E-state index in [9.17, 15) is 4.79 Å². The molecule has 1 amide bonds. The summed E-state index contributed by atoms with van der Waals surface area (Å²) in [5.74, 6) is 1.38. The minimum atomic E-state index is -0.772. The quantitative estimate of drug-likeness (QED) is 0.603. The Morgan fingerprint density at radius 1 is 1.27 bits per heavy atom. The number of aromatic nitrogens is 3. The monoisotopic (exact) mass is 426 g/mol. The predicted molar refractivity (Wildman–Crippen MR) is 113 cm³/mol. The van der Waals surface area contributed by atoms with Gasteiger partial charge in [-0.05, 0) is 50.8 Å². The molecular formula is C22H23ClN4O3. The number of ether oxygens (including phenoxy) is 1. The lowest BCUT2D eigenvalue weighted by Gasteiger charge is -2.25. The zero-order valence-corrected chi connectivity index (χ0v) is 17.9. The third-order valence-corrected chi connectivity index (χ3v) is 5.52. The van der Waals surface area contributed by atoms with Gasteiger partial charge < -0.3 is 15.0 Å². The Hall–Kier alpha value is -2.93. The third-order valence-electron chi connectivity index (χ3n) is 5.27. The van der Waals surface area contributed by atoms with Crippen molar-refractivity contribution in [2.75, 3.05) is 6.61 Å². The summed E-state index contributed by atoms with van der Waals surface area (Å²) in [5, 5.41) is 4.66. The minimum Gasteiger partial charge on any atom is -0.491 e. The summed E-state index contributed by atoms with van der Waals surface area (Å²) >= 11 is 6.04. The number of benzene rings is 1. The maximum Gasteiger partial charge on any atom is 0.267 e. The summed E-state index contributed by atoms with van der Waals surface area (Å²) in [6.45, 7) is 6.10. The molecule has 0 atom stereocenters. The van der Waals surface area contributed by atoms with E-state index < -0.39 is 11.3 Å². The van der Waals surface area contributed by atoms with Crippen LogP contribution in [0.4, 0.5) is 0 Å². The number of pyridine rings is 1. The molecule has 0 aliphatic heterocycles. The van der Waals surface area contributed by atoms with Crippen molar-refractivity contribution in [1.29, 1.82) is 0 Å². The van der Waals surface area contributed by atoms with E-state index >= 15 is 0 Å². The lowest BCUT2D eigenvalue weighted by atomic mass is 9.82. The number of nitrogens with zero attached hydrogens (tertiary/aromatic N) is 3. The van der Waals surface area contributed by atoms with Gasteiger partial charge in [0.15, 0.2) is 5.82 Å². The molecular weight excluding hydrogens is 404 g/mol. The van der Waals surface area contributed by atoms with Gasteiger partial charge in [-0.25, -0.2) is 4.98 Å². The first-order valence-corrected chi connectivity index (χ1v) is 10.2. The molecule has 30 heavy (non-hydrogen) atoms. The third kappa shape index (κ3) is 4.03. The molecule has 2 heterocycles. The van der Waals surface area contributed by atoms with Crippen molar-refractivity contribution in [3.8, 4) is 17.0 Å². The fraction of sp³-hybridized carbons (Fsp3) is 0.364. The van der Waals surface area contributed by atoms with Crippen LogP contribution in [0.3, 0.4) is 0 Å². The number of carbonyl (C=O) groups excluding carboxylic acids is 1. The summed E-state index contributed by atoms with van der Waals surface area (Å²) < 4.78 is 11.3. The zero-order chi connectivity index (χ0) is 21.5. The van der Waals surface area contributed by atoms with Gasteiger partial charge in [-0.15, -0.1) is 0 Å². The van der Waals surface area contributed by atoms with E-state index in [0.717, 1.165) is 18.4 Å². The molecule has 1 fully saturated rings. The molecule has 0 unspecified atom stereocenters. The van der Waals surface area contributed by atoms with Crippen molar-refractivity contribution in [2.45, 2.75) is 39.0 Å². The average molecular weight is 427 g/mol. The van der Waals surface area contributed by atoms with Crippen LogP contribution in [0.2, 0.25) is 5.02 Å². The molecule has 2 N–H and O–H groups in total. The lowest BCUT2D eigenvalue weighted by Crippen LogP contribution is -2.28. The maximum atomic E-state index is 12.4. The Kier molecular flexibility index (Phi) is 5.24. The summed E-state index contributed by atoms with van der Waals surface area (Å²) in [6, 6.07) is 9.05. The summed E-state index contributed by atoms with van der Waals surface area (Å²) in [6.07, 6.45) is 2.31. The first-order valence-electron chi connectivity index (χ1n) is 9.80. The van der Waals surface area contributed by atoms with E-state index in [4.69, 9.17) is 26.6 Å². The van der Waals surface area contributed by atoms with Crippen molar-refractivity contribution in [1.82, 2.24) is 15.1 Å². The van der Waals surface area contributed by atoms with E-state index in [1.807, 2.05) is 32.0 Å². The highest BCUT2D eigenvalue weighted by atomic mass is 35.5. The van der Waals surface area contributed by atoms with Crippen LogP contribution in [0, 0.1) is 12.8 Å². The molecule has 156 valence electrons. The molecule has 1 aliphatic rings. The van der Waals surface area contributed by atoms with Crippen molar-refractivity contribution >= 4 is 17.5 Å². The highest BCUT2D eigenvalue weighted by Crippen LogP contribution is 2.39. The van der Waals surface area contributed by atoms with Gasteiger partial charge in [0, 0.05) is 23.1 Å². The number of amides is 1. The molecule has 4 rings (SSSR count). The van der Waals surface area contributed by atoms with Crippen LogP contribution in [0.1, 0.15) is 54.5 Å². The van der Waals surface area contributed by atoms with E-state index in [1.54, 1.807) is 19.1 Å². The molecule has 1 aliphatic carbocycles. The van der Waals surface area contributed by atoms with Gasteiger partial charge in [0.2, 0.25) is 5.89 Å². The smallest absolute Gasteiger partial charge is 0.267 e. The standard InChI is InChI=1S/C22H23ClN4O3/c1-12-25-21(27-30-12)22(2,3)16-10-17(29-11-13-4-5-13)18(26-19(16)20(24)28)14-6-8-15(23)9-7-14/h6-10,13H,4-5,11H2,1-3H3,(H2,24,28). The normalized spacial score (nSPS) is 14.0. The Morgan fingerprint density at radius 3 is 2.53 bits per heavy atom. The number of carbonyl (C=O) groups is 1. The minimum absolute atomic E-state index is 0.145. The number of hydrogen-bond acceptors (Lipinski definition) is 6. The molecule has 0 radical (unpaired) electrons.